The minimum absolute atomic E-state index is 0.0437. The first-order valence-electron chi connectivity index (χ1n) is 13.3. The molecule has 17 heteroatoms. The molecule has 0 aliphatic rings. The standard InChI is InChI=1S/C26H38N10O7/c27-17(10-14-3-5-16(37)6-4-14)22(39)34-18(2-1-9-32-26(29)30)23(40)35-19(7-8-21(28)38)24(41)36-20(25(42)43)11-15-12-31-13-33-15/h3-6,12-13,17-20,37H,1-2,7-11,27H2,(H2,28,38)(H,31,33)(H,34,39)(H,35,40)(H,36,41)(H,42,43)(H4,29,30,32). The van der Waals surface area contributed by atoms with Crippen LogP contribution >= 0.6 is 0 Å². The Morgan fingerprint density at radius 2 is 1.49 bits per heavy atom. The van der Waals surface area contributed by atoms with E-state index in [0.717, 1.165) is 0 Å². The zero-order chi connectivity index (χ0) is 31.9. The van der Waals surface area contributed by atoms with Crippen molar-refractivity contribution in [2.45, 2.75) is 62.7 Å². The number of hydrogen-bond acceptors (Lipinski definition) is 9. The van der Waals surface area contributed by atoms with Crippen LogP contribution in [0.2, 0.25) is 0 Å². The number of aliphatic imine (C=N–C) groups is 1. The number of guanidine groups is 1. The fraction of sp³-hybridized carbons (Fsp3) is 0.423. The molecule has 0 radical (unpaired) electrons. The summed E-state index contributed by atoms with van der Waals surface area (Å²) in [6, 6.07) is 1.07. The molecule has 1 aromatic carbocycles. The first-order valence-corrected chi connectivity index (χ1v) is 13.3. The predicted molar refractivity (Wildman–Crippen MR) is 154 cm³/mol. The van der Waals surface area contributed by atoms with Gasteiger partial charge in [0.05, 0.1) is 12.4 Å². The molecule has 0 aliphatic heterocycles. The van der Waals surface area contributed by atoms with Crippen molar-refractivity contribution in [1.82, 2.24) is 25.9 Å². The number of nitrogens with two attached hydrogens (primary N) is 4. The molecular weight excluding hydrogens is 564 g/mol. The highest BCUT2D eigenvalue weighted by molar-refractivity contribution is 5.94. The minimum Gasteiger partial charge on any atom is -0.508 e. The van der Waals surface area contributed by atoms with Gasteiger partial charge < -0.3 is 54.1 Å². The first-order chi connectivity index (χ1) is 20.3. The number of rotatable bonds is 18. The number of primary amides is 1. The van der Waals surface area contributed by atoms with E-state index in [4.69, 9.17) is 22.9 Å². The molecule has 4 atom stereocenters. The molecule has 17 nitrogen and oxygen atoms in total. The third-order valence-electron chi connectivity index (χ3n) is 6.21. The topological polar surface area (TPSA) is 307 Å². The number of carboxylic acids is 1. The van der Waals surface area contributed by atoms with E-state index in [1.54, 1.807) is 12.1 Å². The van der Waals surface area contributed by atoms with E-state index in [0.29, 0.717) is 11.3 Å². The summed E-state index contributed by atoms with van der Waals surface area (Å²) in [5.74, 6) is -4.54. The van der Waals surface area contributed by atoms with Crippen LogP contribution in [0.3, 0.4) is 0 Å². The maximum Gasteiger partial charge on any atom is 0.326 e. The molecule has 14 N–H and O–H groups in total. The average molecular weight is 603 g/mol. The van der Waals surface area contributed by atoms with Gasteiger partial charge in [-0.1, -0.05) is 12.1 Å². The number of carbonyl (C=O) groups is 5. The summed E-state index contributed by atoms with van der Waals surface area (Å²) in [6.07, 6.45) is 2.49. The fourth-order valence-electron chi connectivity index (χ4n) is 3.95. The lowest BCUT2D eigenvalue weighted by Crippen LogP contribution is -2.57. The second-order valence-electron chi connectivity index (χ2n) is 9.73. The summed E-state index contributed by atoms with van der Waals surface area (Å²) in [7, 11) is 0. The number of aliphatic carboxylic acids is 1. The predicted octanol–water partition coefficient (Wildman–Crippen LogP) is -2.91. The number of H-pyrrole nitrogens is 1. The van der Waals surface area contributed by atoms with E-state index in [-0.39, 0.29) is 56.8 Å². The molecule has 43 heavy (non-hydrogen) atoms. The van der Waals surface area contributed by atoms with Crippen LogP contribution in [-0.2, 0) is 36.8 Å². The molecule has 0 aliphatic carbocycles. The largest absolute Gasteiger partial charge is 0.508 e. The molecule has 1 aromatic heterocycles. The number of amides is 4. The number of phenolic OH excluding ortho intramolecular Hbond substituents is 1. The number of phenols is 1. The molecule has 0 saturated heterocycles. The number of aromatic hydroxyl groups is 1. The van der Waals surface area contributed by atoms with Crippen molar-refractivity contribution < 1.29 is 34.2 Å². The third-order valence-corrected chi connectivity index (χ3v) is 6.21. The monoisotopic (exact) mass is 602 g/mol. The van der Waals surface area contributed by atoms with E-state index in [1.807, 2.05) is 0 Å². The van der Waals surface area contributed by atoms with E-state index in [9.17, 15) is 34.2 Å². The number of benzene rings is 1. The lowest BCUT2D eigenvalue weighted by molar-refractivity contribution is -0.142. The Kier molecular flexibility index (Phi) is 13.4. The summed E-state index contributed by atoms with van der Waals surface area (Å²) in [5.41, 5.74) is 23.1. The van der Waals surface area contributed by atoms with E-state index < -0.39 is 53.8 Å². The van der Waals surface area contributed by atoms with Crippen LogP contribution in [0.5, 0.6) is 5.75 Å². The second-order valence-corrected chi connectivity index (χ2v) is 9.73. The van der Waals surface area contributed by atoms with Crippen LogP contribution in [0.4, 0.5) is 0 Å². The summed E-state index contributed by atoms with van der Waals surface area (Å²) >= 11 is 0. The van der Waals surface area contributed by atoms with Gasteiger partial charge in [-0.05, 0) is 43.4 Å². The van der Waals surface area contributed by atoms with E-state index in [2.05, 4.69) is 30.9 Å². The van der Waals surface area contributed by atoms with Gasteiger partial charge in [0.25, 0.3) is 0 Å². The van der Waals surface area contributed by atoms with Gasteiger partial charge in [0, 0.05) is 31.3 Å². The van der Waals surface area contributed by atoms with Crippen molar-refractivity contribution in [1.29, 1.82) is 0 Å². The maximum atomic E-state index is 13.4. The highest BCUT2D eigenvalue weighted by Gasteiger charge is 2.30. The molecule has 234 valence electrons. The Morgan fingerprint density at radius 1 is 0.884 bits per heavy atom. The summed E-state index contributed by atoms with van der Waals surface area (Å²) in [4.78, 5) is 73.1. The number of nitrogens with one attached hydrogen (secondary N) is 4. The molecule has 4 unspecified atom stereocenters. The lowest BCUT2D eigenvalue weighted by atomic mass is 10.0. The third kappa shape index (κ3) is 12.5. The van der Waals surface area contributed by atoms with Crippen molar-refractivity contribution >= 4 is 35.6 Å². The van der Waals surface area contributed by atoms with Gasteiger partial charge in [0.1, 0.15) is 23.9 Å². The Hall–Kier alpha value is -5.19. The Balaban J connectivity index is 2.18. The van der Waals surface area contributed by atoms with Crippen LogP contribution in [0.25, 0.3) is 0 Å². The van der Waals surface area contributed by atoms with Gasteiger partial charge in [0.15, 0.2) is 5.96 Å². The summed E-state index contributed by atoms with van der Waals surface area (Å²) < 4.78 is 0. The molecular formula is C26H38N10O7. The van der Waals surface area contributed by atoms with Crippen molar-refractivity contribution in [3.63, 3.8) is 0 Å². The Labute approximate surface area is 246 Å². The van der Waals surface area contributed by atoms with Crippen LogP contribution < -0.4 is 38.9 Å². The number of nitrogens with zero attached hydrogens (tertiary/aromatic N) is 2. The minimum atomic E-state index is -1.38. The number of hydrogen-bond donors (Lipinski definition) is 10. The highest BCUT2D eigenvalue weighted by Crippen LogP contribution is 2.11. The second kappa shape index (κ2) is 16.9. The number of carbonyl (C=O) groups excluding carboxylic acids is 4. The molecule has 4 amide bonds. The molecule has 0 saturated carbocycles. The van der Waals surface area contributed by atoms with Crippen LogP contribution in [0, 0.1) is 0 Å². The Morgan fingerprint density at radius 3 is 2.05 bits per heavy atom. The molecule has 2 aromatic rings. The lowest BCUT2D eigenvalue weighted by Gasteiger charge is -2.25. The smallest absolute Gasteiger partial charge is 0.326 e. The van der Waals surface area contributed by atoms with Crippen molar-refractivity contribution in [3.8, 4) is 5.75 Å². The van der Waals surface area contributed by atoms with Crippen molar-refractivity contribution in [2.24, 2.45) is 27.9 Å². The summed E-state index contributed by atoms with van der Waals surface area (Å²) in [6.45, 7) is 0.140. The van der Waals surface area contributed by atoms with E-state index >= 15 is 0 Å². The van der Waals surface area contributed by atoms with E-state index in [1.165, 1.54) is 24.7 Å². The zero-order valence-corrected chi connectivity index (χ0v) is 23.4. The number of carboxylic acid groups (broad SMARTS) is 1. The highest BCUT2D eigenvalue weighted by atomic mass is 16.4. The number of imidazole rings is 1. The van der Waals surface area contributed by atoms with Crippen LogP contribution in [0.1, 0.15) is 36.9 Å². The zero-order valence-electron chi connectivity index (χ0n) is 23.4. The van der Waals surface area contributed by atoms with Gasteiger partial charge in [-0.25, -0.2) is 9.78 Å². The van der Waals surface area contributed by atoms with Gasteiger partial charge in [-0.15, -0.1) is 0 Å². The average Bonchev–Trinajstić information content (AvgIpc) is 3.46. The van der Waals surface area contributed by atoms with Crippen LogP contribution in [-0.4, -0.2) is 86.5 Å². The maximum absolute atomic E-state index is 13.4. The first kappa shape index (κ1) is 34.0. The van der Waals surface area contributed by atoms with Crippen LogP contribution in [0.15, 0.2) is 41.8 Å². The number of aromatic amines is 1. The normalized spacial score (nSPS) is 13.5. The molecule has 1 heterocycles. The Bertz CT molecular complexity index is 1260. The van der Waals surface area contributed by atoms with Gasteiger partial charge in [-0.2, -0.15) is 0 Å². The molecule has 0 bridgehead atoms. The quantitative estimate of drug-likeness (QED) is 0.0468. The van der Waals surface area contributed by atoms with Gasteiger partial charge >= 0.3 is 5.97 Å². The van der Waals surface area contributed by atoms with Gasteiger partial charge in [-0.3, -0.25) is 24.2 Å². The molecule has 0 fully saturated rings. The fourth-order valence-corrected chi connectivity index (χ4v) is 3.95. The van der Waals surface area contributed by atoms with Crippen molar-refractivity contribution in [3.05, 3.63) is 48.0 Å². The summed E-state index contributed by atoms with van der Waals surface area (Å²) in [5, 5.41) is 26.5. The number of aromatic nitrogens is 2. The molecule has 0 spiro atoms. The SMILES string of the molecule is NC(=O)CCC(NC(=O)C(CCCN=C(N)N)NC(=O)C(N)Cc1ccc(O)cc1)C(=O)NC(Cc1cnc[nH]1)C(=O)O. The molecule has 2 rings (SSSR count). The van der Waals surface area contributed by atoms with Crippen molar-refractivity contribution in [2.75, 3.05) is 6.54 Å². The van der Waals surface area contributed by atoms with Gasteiger partial charge in [0.2, 0.25) is 23.6 Å².